The molecule has 3 rings (SSSR count). The summed E-state index contributed by atoms with van der Waals surface area (Å²) in [7, 11) is 0. The SMILES string of the molecule is NC(=S)c1ccc(NC2CCN3CCCC23)cc1Br. The molecule has 5 heteroatoms. The monoisotopic (exact) mass is 339 g/mol. The predicted octanol–water partition coefficient (Wildman–Crippen LogP) is 2.73. The van der Waals surface area contributed by atoms with Gasteiger partial charge in [-0.25, -0.2) is 0 Å². The quantitative estimate of drug-likeness (QED) is 0.831. The number of fused-ring (bicyclic) bond motifs is 1. The lowest BCUT2D eigenvalue weighted by Gasteiger charge is -2.22. The molecule has 0 aliphatic carbocycles. The molecule has 2 atom stereocenters. The van der Waals surface area contributed by atoms with Crippen molar-refractivity contribution in [3.05, 3.63) is 28.2 Å². The summed E-state index contributed by atoms with van der Waals surface area (Å²) in [5, 5.41) is 3.66. The van der Waals surface area contributed by atoms with E-state index < -0.39 is 0 Å². The van der Waals surface area contributed by atoms with Crippen LogP contribution in [-0.2, 0) is 0 Å². The smallest absolute Gasteiger partial charge is 0.105 e. The first-order valence-electron chi connectivity index (χ1n) is 6.75. The zero-order valence-corrected chi connectivity index (χ0v) is 13.1. The second-order valence-corrected chi connectivity index (χ2v) is 6.64. The lowest BCUT2D eigenvalue weighted by atomic mass is 10.1. The molecule has 0 spiro atoms. The molecule has 2 fully saturated rings. The van der Waals surface area contributed by atoms with Crippen LogP contribution in [0.5, 0.6) is 0 Å². The summed E-state index contributed by atoms with van der Waals surface area (Å²) < 4.78 is 0.964. The fourth-order valence-electron chi connectivity index (χ4n) is 3.27. The first kappa shape index (κ1) is 13.3. The van der Waals surface area contributed by atoms with E-state index >= 15 is 0 Å². The van der Waals surface area contributed by atoms with Gasteiger partial charge in [0.25, 0.3) is 0 Å². The highest BCUT2D eigenvalue weighted by Crippen LogP contribution is 2.31. The van der Waals surface area contributed by atoms with E-state index in [9.17, 15) is 0 Å². The largest absolute Gasteiger partial charge is 0.389 e. The van der Waals surface area contributed by atoms with E-state index in [1.54, 1.807) is 0 Å². The Hall–Kier alpha value is -0.650. The van der Waals surface area contributed by atoms with Crippen LogP contribution >= 0.6 is 28.1 Å². The number of rotatable bonds is 3. The van der Waals surface area contributed by atoms with E-state index in [2.05, 4.69) is 38.3 Å². The van der Waals surface area contributed by atoms with Crippen molar-refractivity contribution in [3.8, 4) is 0 Å². The number of nitrogens with one attached hydrogen (secondary N) is 1. The maximum Gasteiger partial charge on any atom is 0.105 e. The Kier molecular flexibility index (Phi) is 3.78. The molecule has 1 aromatic rings. The minimum Gasteiger partial charge on any atom is -0.389 e. The summed E-state index contributed by atoms with van der Waals surface area (Å²) in [6.45, 7) is 2.50. The van der Waals surface area contributed by atoms with Crippen LogP contribution in [0.15, 0.2) is 22.7 Å². The average molecular weight is 340 g/mol. The molecule has 0 bridgehead atoms. The zero-order valence-electron chi connectivity index (χ0n) is 10.7. The van der Waals surface area contributed by atoms with Gasteiger partial charge in [-0.1, -0.05) is 12.2 Å². The molecule has 0 radical (unpaired) electrons. The summed E-state index contributed by atoms with van der Waals surface area (Å²) in [6, 6.07) is 7.41. The van der Waals surface area contributed by atoms with Crippen molar-refractivity contribution in [2.75, 3.05) is 18.4 Å². The number of nitrogens with two attached hydrogens (primary N) is 1. The minimum absolute atomic E-state index is 0.432. The Morgan fingerprint density at radius 2 is 2.21 bits per heavy atom. The van der Waals surface area contributed by atoms with Crippen LogP contribution in [0, 0.1) is 0 Å². The van der Waals surface area contributed by atoms with Gasteiger partial charge in [0.1, 0.15) is 4.99 Å². The van der Waals surface area contributed by atoms with Crippen LogP contribution in [0.3, 0.4) is 0 Å². The molecular formula is C14H18BrN3S. The van der Waals surface area contributed by atoms with Gasteiger partial charge in [-0.05, 0) is 59.9 Å². The highest BCUT2D eigenvalue weighted by atomic mass is 79.9. The zero-order chi connectivity index (χ0) is 13.4. The molecule has 2 heterocycles. The number of anilines is 1. The van der Waals surface area contributed by atoms with E-state index in [0.29, 0.717) is 17.1 Å². The van der Waals surface area contributed by atoms with Crippen molar-refractivity contribution in [1.82, 2.24) is 4.90 Å². The third-order valence-electron chi connectivity index (χ3n) is 4.19. The van der Waals surface area contributed by atoms with Gasteiger partial charge in [0.2, 0.25) is 0 Å². The number of nitrogens with zero attached hydrogens (tertiary/aromatic N) is 1. The Bertz CT molecular complexity index is 505. The molecule has 2 aliphatic heterocycles. The minimum atomic E-state index is 0.432. The molecule has 0 aromatic heterocycles. The molecule has 2 saturated heterocycles. The number of thiocarbonyl (C=S) groups is 1. The second-order valence-electron chi connectivity index (χ2n) is 5.34. The van der Waals surface area contributed by atoms with Gasteiger partial charge in [-0.2, -0.15) is 0 Å². The summed E-state index contributed by atoms with van der Waals surface area (Å²) in [6.07, 6.45) is 3.90. The lowest BCUT2D eigenvalue weighted by molar-refractivity contribution is 0.318. The summed E-state index contributed by atoms with van der Waals surface area (Å²) in [4.78, 5) is 3.04. The van der Waals surface area contributed by atoms with Gasteiger partial charge >= 0.3 is 0 Å². The van der Waals surface area contributed by atoms with Gasteiger partial charge in [0.05, 0.1) is 0 Å². The lowest BCUT2D eigenvalue weighted by Crippen LogP contribution is -2.33. The van der Waals surface area contributed by atoms with Crippen LogP contribution < -0.4 is 11.1 Å². The Morgan fingerprint density at radius 3 is 2.95 bits per heavy atom. The van der Waals surface area contributed by atoms with Gasteiger partial charge < -0.3 is 11.1 Å². The molecule has 2 aliphatic rings. The Balaban J connectivity index is 1.73. The molecule has 3 nitrogen and oxygen atoms in total. The highest BCUT2D eigenvalue weighted by Gasteiger charge is 2.36. The van der Waals surface area contributed by atoms with Crippen molar-refractivity contribution in [1.29, 1.82) is 0 Å². The number of halogens is 1. The normalized spacial score (nSPS) is 26.4. The van der Waals surface area contributed by atoms with Gasteiger partial charge in [-0.3, -0.25) is 4.90 Å². The second kappa shape index (κ2) is 5.38. The number of hydrogen-bond acceptors (Lipinski definition) is 3. The predicted molar refractivity (Wildman–Crippen MR) is 86.7 cm³/mol. The number of benzene rings is 1. The van der Waals surface area contributed by atoms with Gasteiger partial charge in [0, 0.05) is 34.4 Å². The third kappa shape index (κ3) is 2.64. The first-order valence-corrected chi connectivity index (χ1v) is 7.95. The molecule has 19 heavy (non-hydrogen) atoms. The molecule has 102 valence electrons. The van der Waals surface area contributed by atoms with Crippen LogP contribution in [0.2, 0.25) is 0 Å². The molecule has 2 unspecified atom stereocenters. The molecule has 1 aromatic carbocycles. The molecule has 0 saturated carbocycles. The fourth-order valence-corrected chi connectivity index (χ4v) is 4.17. The van der Waals surface area contributed by atoms with Gasteiger partial charge in [0.15, 0.2) is 0 Å². The summed E-state index contributed by atoms with van der Waals surface area (Å²) in [5.41, 5.74) is 7.71. The van der Waals surface area contributed by atoms with E-state index in [0.717, 1.165) is 15.7 Å². The highest BCUT2D eigenvalue weighted by molar-refractivity contribution is 9.10. The van der Waals surface area contributed by atoms with E-state index in [4.69, 9.17) is 18.0 Å². The van der Waals surface area contributed by atoms with Crippen molar-refractivity contribution in [2.45, 2.75) is 31.3 Å². The average Bonchev–Trinajstić information content (AvgIpc) is 2.94. The van der Waals surface area contributed by atoms with Crippen LogP contribution in [0.4, 0.5) is 5.69 Å². The van der Waals surface area contributed by atoms with Crippen molar-refractivity contribution in [3.63, 3.8) is 0 Å². The molecular weight excluding hydrogens is 322 g/mol. The van der Waals surface area contributed by atoms with Crippen LogP contribution in [0.1, 0.15) is 24.8 Å². The third-order valence-corrected chi connectivity index (χ3v) is 5.07. The molecule has 3 N–H and O–H groups in total. The van der Waals surface area contributed by atoms with Crippen molar-refractivity contribution >= 4 is 38.8 Å². The number of hydrogen-bond donors (Lipinski definition) is 2. The topological polar surface area (TPSA) is 41.3 Å². The van der Waals surface area contributed by atoms with E-state index in [1.807, 2.05) is 6.07 Å². The van der Waals surface area contributed by atoms with E-state index in [1.165, 1.54) is 32.4 Å². The standard InChI is InChI=1S/C14H18BrN3S/c15-11-8-9(3-4-10(11)14(16)19)17-12-5-7-18-6-1-2-13(12)18/h3-4,8,12-13,17H,1-2,5-7H2,(H2,16,19). The summed E-state index contributed by atoms with van der Waals surface area (Å²) in [5.74, 6) is 0. The van der Waals surface area contributed by atoms with Crippen molar-refractivity contribution < 1.29 is 0 Å². The first-order chi connectivity index (χ1) is 9.15. The maximum atomic E-state index is 5.67. The van der Waals surface area contributed by atoms with Crippen LogP contribution in [0.25, 0.3) is 0 Å². The Morgan fingerprint density at radius 1 is 1.37 bits per heavy atom. The van der Waals surface area contributed by atoms with E-state index in [-0.39, 0.29) is 0 Å². The fraction of sp³-hybridized carbons (Fsp3) is 0.500. The maximum absolute atomic E-state index is 5.67. The van der Waals surface area contributed by atoms with Gasteiger partial charge in [-0.15, -0.1) is 0 Å². The van der Waals surface area contributed by atoms with Crippen LogP contribution in [-0.4, -0.2) is 35.1 Å². The Labute approximate surface area is 127 Å². The molecule has 0 amide bonds. The van der Waals surface area contributed by atoms with Crippen molar-refractivity contribution in [2.24, 2.45) is 5.73 Å². The summed E-state index contributed by atoms with van der Waals surface area (Å²) >= 11 is 8.55.